The van der Waals surface area contributed by atoms with E-state index in [1.54, 1.807) is 7.11 Å². The second-order valence-corrected chi connectivity index (χ2v) is 6.08. The summed E-state index contributed by atoms with van der Waals surface area (Å²) in [6.07, 6.45) is 2.35. The van der Waals surface area contributed by atoms with Gasteiger partial charge in [-0.15, -0.1) is 0 Å². The normalized spacial score (nSPS) is 17.9. The lowest BCUT2D eigenvalue weighted by Crippen LogP contribution is -2.40. The molecule has 1 unspecified atom stereocenters. The van der Waals surface area contributed by atoms with Gasteiger partial charge in [-0.1, -0.05) is 6.07 Å². The maximum absolute atomic E-state index is 11.8. The average molecular weight is 356 g/mol. The van der Waals surface area contributed by atoms with Gasteiger partial charge in [0, 0.05) is 30.7 Å². The molecule has 0 aliphatic carbocycles. The first-order valence-electron chi connectivity index (χ1n) is 7.19. The molecule has 6 heteroatoms. The third-order valence-electron chi connectivity index (χ3n) is 3.75. The first kappa shape index (κ1) is 16.3. The number of carbonyl (C=O) groups excluding carboxylic acids is 1. The molecular formula is C15H22BrN3O2. The molecule has 21 heavy (non-hydrogen) atoms. The van der Waals surface area contributed by atoms with E-state index >= 15 is 0 Å². The minimum absolute atomic E-state index is 0.417. The molecule has 1 amide bonds. The van der Waals surface area contributed by atoms with Crippen molar-refractivity contribution in [3.05, 3.63) is 28.2 Å². The molecule has 1 aromatic carbocycles. The van der Waals surface area contributed by atoms with Gasteiger partial charge < -0.3 is 20.7 Å². The van der Waals surface area contributed by atoms with Crippen LogP contribution < -0.4 is 16.0 Å². The molecule has 1 aliphatic rings. The van der Waals surface area contributed by atoms with E-state index in [9.17, 15) is 4.79 Å². The van der Waals surface area contributed by atoms with Crippen molar-refractivity contribution in [3.8, 4) is 0 Å². The summed E-state index contributed by atoms with van der Waals surface area (Å²) in [5, 5.41) is 3.49. The van der Waals surface area contributed by atoms with Crippen molar-refractivity contribution in [3.63, 3.8) is 0 Å². The predicted molar refractivity (Wildman–Crippen MR) is 87.8 cm³/mol. The molecule has 2 rings (SSSR count). The maximum Gasteiger partial charge on any atom is 0.251 e. The third-order valence-corrected chi connectivity index (χ3v) is 4.41. The summed E-state index contributed by atoms with van der Waals surface area (Å²) in [6.45, 7) is 3.24. The molecule has 116 valence electrons. The summed E-state index contributed by atoms with van der Waals surface area (Å²) in [6, 6.07) is 6.15. The van der Waals surface area contributed by atoms with Crippen molar-refractivity contribution in [2.24, 2.45) is 5.73 Å². The van der Waals surface area contributed by atoms with Crippen molar-refractivity contribution in [2.75, 3.05) is 38.3 Å². The van der Waals surface area contributed by atoms with Gasteiger partial charge in [-0.2, -0.15) is 0 Å². The monoisotopic (exact) mass is 355 g/mol. The van der Waals surface area contributed by atoms with Crippen LogP contribution in [0.1, 0.15) is 23.2 Å². The molecular weight excluding hydrogens is 334 g/mol. The number of hydrogen-bond acceptors (Lipinski definition) is 4. The lowest BCUT2D eigenvalue weighted by Gasteiger charge is -2.29. The molecule has 1 aliphatic heterocycles. The van der Waals surface area contributed by atoms with Crippen LogP contribution in [0, 0.1) is 0 Å². The van der Waals surface area contributed by atoms with Gasteiger partial charge in [0.05, 0.1) is 17.9 Å². The number of nitrogens with zero attached hydrogens (tertiary/aromatic N) is 1. The van der Waals surface area contributed by atoms with Crippen LogP contribution in [0.4, 0.5) is 5.69 Å². The number of primary amides is 1. The second-order valence-electron chi connectivity index (χ2n) is 5.23. The average Bonchev–Trinajstić information content (AvgIpc) is 2.95. The van der Waals surface area contributed by atoms with E-state index in [2.05, 4.69) is 26.1 Å². The Hall–Kier alpha value is -1.11. The van der Waals surface area contributed by atoms with Gasteiger partial charge in [-0.05, 0) is 47.4 Å². The Kier molecular flexibility index (Phi) is 6.02. The summed E-state index contributed by atoms with van der Waals surface area (Å²) < 4.78 is 5.93. The van der Waals surface area contributed by atoms with E-state index in [-0.39, 0.29) is 0 Å². The molecule has 1 atom stereocenters. The molecule has 1 saturated heterocycles. The minimum atomic E-state index is -0.417. The van der Waals surface area contributed by atoms with E-state index in [1.807, 2.05) is 18.2 Å². The number of benzene rings is 1. The highest BCUT2D eigenvalue weighted by molar-refractivity contribution is 9.10. The van der Waals surface area contributed by atoms with E-state index in [1.165, 1.54) is 6.42 Å². The Morgan fingerprint density at radius 1 is 1.57 bits per heavy atom. The smallest absolute Gasteiger partial charge is 0.251 e. The molecule has 5 nitrogen and oxygen atoms in total. The first-order chi connectivity index (χ1) is 10.1. The maximum atomic E-state index is 11.8. The van der Waals surface area contributed by atoms with Crippen LogP contribution in [-0.2, 0) is 4.74 Å². The van der Waals surface area contributed by atoms with E-state index in [4.69, 9.17) is 10.5 Å². The fourth-order valence-electron chi connectivity index (χ4n) is 2.71. The second kappa shape index (κ2) is 7.77. The number of amides is 1. The van der Waals surface area contributed by atoms with Crippen LogP contribution in [0.25, 0.3) is 0 Å². The summed E-state index contributed by atoms with van der Waals surface area (Å²) in [7, 11) is 1.68. The summed E-state index contributed by atoms with van der Waals surface area (Å²) >= 11 is 3.42. The predicted octanol–water partition coefficient (Wildman–Crippen LogP) is 1.75. The summed E-state index contributed by atoms with van der Waals surface area (Å²) in [5.41, 5.74) is 6.94. The third kappa shape index (κ3) is 4.18. The highest BCUT2D eigenvalue weighted by atomic mass is 79.9. The Labute approximate surface area is 134 Å². The van der Waals surface area contributed by atoms with Gasteiger partial charge in [-0.3, -0.25) is 4.79 Å². The summed E-state index contributed by atoms with van der Waals surface area (Å²) in [4.78, 5) is 14.0. The Morgan fingerprint density at radius 3 is 3.00 bits per heavy atom. The first-order valence-corrected chi connectivity index (χ1v) is 7.98. The lowest BCUT2D eigenvalue weighted by molar-refractivity contribution is 0.1000. The van der Waals surface area contributed by atoms with Crippen LogP contribution >= 0.6 is 15.9 Å². The molecule has 0 radical (unpaired) electrons. The number of nitrogens with one attached hydrogen (secondary N) is 1. The van der Waals surface area contributed by atoms with Crippen LogP contribution in [0.5, 0.6) is 0 Å². The zero-order valence-electron chi connectivity index (χ0n) is 12.3. The standard InChI is InChI=1S/C15H22BrN3O2/c1-21-9-8-19(10-11-4-3-7-18-11)13-6-2-5-12(16)14(13)15(17)20/h2,5-6,11,18H,3-4,7-10H2,1H3,(H2,17,20). The lowest BCUT2D eigenvalue weighted by atomic mass is 10.1. The zero-order chi connectivity index (χ0) is 15.2. The van der Waals surface area contributed by atoms with Gasteiger partial charge in [0.25, 0.3) is 5.91 Å². The van der Waals surface area contributed by atoms with Crippen LogP contribution in [-0.4, -0.2) is 45.3 Å². The summed E-state index contributed by atoms with van der Waals surface area (Å²) in [5.74, 6) is -0.417. The highest BCUT2D eigenvalue weighted by Gasteiger charge is 2.22. The van der Waals surface area contributed by atoms with Crippen LogP contribution in [0.2, 0.25) is 0 Å². The van der Waals surface area contributed by atoms with E-state index in [0.717, 1.165) is 36.2 Å². The molecule has 0 aromatic heterocycles. The minimum Gasteiger partial charge on any atom is -0.383 e. The van der Waals surface area contributed by atoms with Crippen molar-refractivity contribution in [2.45, 2.75) is 18.9 Å². The number of anilines is 1. The highest BCUT2D eigenvalue weighted by Crippen LogP contribution is 2.28. The van der Waals surface area contributed by atoms with Crippen LogP contribution in [0.3, 0.4) is 0 Å². The number of methoxy groups -OCH3 is 1. The number of carbonyl (C=O) groups is 1. The van der Waals surface area contributed by atoms with Crippen LogP contribution in [0.15, 0.2) is 22.7 Å². The molecule has 0 spiro atoms. The van der Waals surface area contributed by atoms with Crippen molar-refractivity contribution < 1.29 is 9.53 Å². The van der Waals surface area contributed by atoms with Crippen molar-refractivity contribution in [1.29, 1.82) is 0 Å². The molecule has 3 N–H and O–H groups in total. The van der Waals surface area contributed by atoms with E-state index in [0.29, 0.717) is 18.2 Å². The van der Waals surface area contributed by atoms with Gasteiger partial charge in [0.1, 0.15) is 0 Å². The Bertz CT molecular complexity index is 490. The van der Waals surface area contributed by atoms with Gasteiger partial charge in [-0.25, -0.2) is 0 Å². The quantitative estimate of drug-likeness (QED) is 0.781. The van der Waals surface area contributed by atoms with Crippen molar-refractivity contribution >= 4 is 27.5 Å². The molecule has 1 heterocycles. The fourth-order valence-corrected chi connectivity index (χ4v) is 3.26. The molecule has 1 fully saturated rings. The van der Waals surface area contributed by atoms with Gasteiger partial charge in [0.15, 0.2) is 0 Å². The molecule has 1 aromatic rings. The SMILES string of the molecule is COCCN(CC1CCCN1)c1cccc(Br)c1C(N)=O. The number of halogens is 1. The van der Waals surface area contributed by atoms with Gasteiger partial charge >= 0.3 is 0 Å². The topological polar surface area (TPSA) is 67.6 Å². The number of rotatable bonds is 7. The number of nitrogens with two attached hydrogens (primary N) is 1. The number of ether oxygens (including phenoxy) is 1. The Balaban J connectivity index is 2.26. The Morgan fingerprint density at radius 2 is 2.38 bits per heavy atom. The molecule has 0 bridgehead atoms. The molecule has 0 saturated carbocycles. The number of hydrogen-bond donors (Lipinski definition) is 2. The largest absolute Gasteiger partial charge is 0.383 e. The van der Waals surface area contributed by atoms with E-state index < -0.39 is 5.91 Å². The zero-order valence-corrected chi connectivity index (χ0v) is 13.9. The van der Waals surface area contributed by atoms with Gasteiger partial charge in [0.2, 0.25) is 0 Å². The van der Waals surface area contributed by atoms with Crippen molar-refractivity contribution in [1.82, 2.24) is 5.32 Å². The fraction of sp³-hybridized carbons (Fsp3) is 0.533.